The van der Waals surface area contributed by atoms with Crippen LogP contribution in [0.5, 0.6) is 0 Å². The smallest absolute Gasteiger partial charge is 0.106 e. The van der Waals surface area contributed by atoms with E-state index in [1.807, 2.05) is 17.6 Å². The molecule has 98 valence electrons. The molecule has 5 heteroatoms. The molecule has 0 radical (unpaired) electrons. The van der Waals surface area contributed by atoms with Crippen molar-refractivity contribution >= 4 is 38.8 Å². The van der Waals surface area contributed by atoms with Gasteiger partial charge in [-0.2, -0.15) is 0 Å². The average Bonchev–Trinajstić information content (AvgIpc) is 2.73. The van der Waals surface area contributed by atoms with E-state index in [9.17, 15) is 0 Å². The molecule has 0 unspecified atom stereocenters. The van der Waals surface area contributed by atoms with Crippen molar-refractivity contribution < 1.29 is 0 Å². The Bertz CT molecular complexity index is 531. The second-order valence-electron chi connectivity index (χ2n) is 5.23. The fraction of sp³-hybridized carbons (Fsp3) is 0.462. The molecule has 1 aromatic carbocycles. The van der Waals surface area contributed by atoms with Crippen molar-refractivity contribution in [2.75, 3.05) is 18.4 Å². The average molecular weight is 284 g/mol. The zero-order valence-electron chi connectivity index (χ0n) is 10.9. The lowest BCUT2D eigenvalue weighted by atomic mass is 10.1. The topological polar surface area (TPSA) is 37.0 Å². The van der Waals surface area contributed by atoms with Crippen LogP contribution in [0.3, 0.4) is 0 Å². The Kier molecular flexibility index (Phi) is 4.10. The van der Waals surface area contributed by atoms with E-state index >= 15 is 0 Å². The summed E-state index contributed by atoms with van der Waals surface area (Å²) in [6, 6.07) is 3.93. The lowest BCUT2D eigenvalue weighted by Crippen LogP contribution is -2.38. The van der Waals surface area contributed by atoms with E-state index in [1.165, 1.54) is 0 Å². The summed E-state index contributed by atoms with van der Waals surface area (Å²) in [5, 5.41) is 7.52. The molecule has 2 aromatic rings. The summed E-state index contributed by atoms with van der Waals surface area (Å²) in [7, 11) is 0. The van der Waals surface area contributed by atoms with Gasteiger partial charge in [-0.1, -0.05) is 11.6 Å². The lowest BCUT2D eigenvalue weighted by molar-refractivity contribution is 0.435. The SMILES string of the molecule is CC(C)(C)NCCNc1c(Cl)ccc2scnc12. The van der Waals surface area contributed by atoms with Crippen molar-refractivity contribution in [1.82, 2.24) is 10.3 Å². The maximum absolute atomic E-state index is 6.21. The van der Waals surface area contributed by atoms with Crippen molar-refractivity contribution in [2.24, 2.45) is 0 Å². The maximum Gasteiger partial charge on any atom is 0.106 e. The van der Waals surface area contributed by atoms with Crippen LogP contribution >= 0.6 is 22.9 Å². The first-order chi connectivity index (χ1) is 8.47. The minimum absolute atomic E-state index is 0.137. The van der Waals surface area contributed by atoms with Crippen LogP contribution in [0.4, 0.5) is 5.69 Å². The van der Waals surface area contributed by atoms with E-state index in [1.54, 1.807) is 11.3 Å². The normalized spacial score (nSPS) is 12.0. The number of aromatic nitrogens is 1. The Hall–Kier alpha value is -0.840. The Morgan fingerprint density at radius 1 is 1.28 bits per heavy atom. The summed E-state index contributed by atoms with van der Waals surface area (Å²) in [6.45, 7) is 8.18. The van der Waals surface area contributed by atoms with E-state index in [2.05, 4.69) is 36.4 Å². The molecule has 18 heavy (non-hydrogen) atoms. The van der Waals surface area contributed by atoms with Crippen molar-refractivity contribution in [3.05, 3.63) is 22.7 Å². The Morgan fingerprint density at radius 2 is 2.06 bits per heavy atom. The molecule has 2 rings (SSSR count). The molecule has 1 aromatic heterocycles. The van der Waals surface area contributed by atoms with Gasteiger partial charge < -0.3 is 10.6 Å². The first kappa shape index (κ1) is 13.6. The zero-order valence-corrected chi connectivity index (χ0v) is 12.5. The predicted octanol–water partition coefficient (Wildman–Crippen LogP) is 3.75. The highest BCUT2D eigenvalue weighted by atomic mass is 35.5. The van der Waals surface area contributed by atoms with E-state index in [0.29, 0.717) is 0 Å². The molecule has 0 aliphatic heterocycles. The largest absolute Gasteiger partial charge is 0.381 e. The Labute approximate surface area is 117 Å². The molecule has 0 spiro atoms. The molecule has 3 nitrogen and oxygen atoms in total. The minimum atomic E-state index is 0.137. The molecule has 2 N–H and O–H groups in total. The van der Waals surface area contributed by atoms with E-state index in [0.717, 1.165) is 34.0 Å². The number of halogens is 1. The van der Waals surface area contributed by atoms with Crippen LogP contribution in [0.15, 0.2) is 17.6 Å². The highest BCUT2D eigenvalue weighted by Crippen LogP contribution is 2.31. The van der Waals surface area contributed by atoms with Gasteiger partial charge in [-0.3, -0.25) is 0 Å². The number of thiazole rings is 1. The number of rotatable bonds is 4. The molecule has 0 saturated heterocycles. The minimum Gasteiger partial charge on any atom is -0.381 e. The number of benzene rings is 1. The number of hydrogen-bond acceptors (Lipinski definition) is 4. The number of fused-ring (bicyclic) bond motifs is 1. The Balaban J connectivity index is 2.03. The third-order valence-corrected chi connectivity index (χ3v) is 3.64. The molecule has 0 bridgehead atoms. The third-order valence-electron chi connectivity index (χ3n) is 2.53. The first-order valence-electron chi connectivity index (χ1n) is 5.98. The molecule has 0 aliphatic carbocycles. The summed E-state index contributed by atoms with van der Waals surface area (Å²) in [5.41, 5.74) is 3.88. The van der Waals surface area contributed by atoms with Crippen LogP contribution in [0.25, 0.3) is 10.2 Å². The highest BCUT2D eigenvalue weighted by Gasteiger charge is 2.10. The van der Waals surface area contributed by atoms with E-state index in [4.69, 9.17) is 11.6 Å². The van der Waals surface area contributed by atoms with Crippen LogP contribution in [-0.4, -0.2) is 23.6 Å². The van der Waals surface area contributed by atoms with E-state index < -0.39 is 0 Å². The van der Waals surface area contributed by atoms with Crippen LogP contribution < -0.4 is 10.6 Å². The molecule has 1 heterocycles. The van der Waals surface area contributed by atoms with Crippen molar-refractivity contribution in [1.29, 1.82) is 0 Å². The standard InChI is InChI=1S/C13H18ClN3S/c1-13(2,3)17-7-6-15-11-9(14)4-5-10-12(11)16-8-18-10/h4-5,8,15,17H,6-7H2,1-3H3. The van der Waals surface area contributed by atoms with Gasteiger partial charge >= 0.3 is 0 Å². The van der Waals surface area contributed by atoms with Crippen LogP contribution in [0.1, 0.15) is 20.8 Å². The van der Waals surface area contributed by atoms with Crippen LogP contribution in [0, 0.1) is 0 Å². The molecule has 0 fully saturated rings. The fourth-order valence-corrected chi connectivity index (χ4v) is 2.60. The molecule has 0 amide bonds. The van der Waals surface area contributed by atoms with Gasteiger partial charge in [-0.05, 0) is 32.9 Å². The van der Waals surface area contributed by atoms with Crippen molar-refractivity contribution in [3.63, 3.8) is 0 Å². The van der Waals surface area contributed by atoms with Gasteiger partial charge in [0.2, 0.25) is 0 Å². The van der Waals surface area contributed by atoms with Gasteiger partial charge in [-0.25, -0.2) is 4.98 Å². The number of anilines is 1. The molecule has 0 atom stereocenters. The van der Waals surface area contributed by atoms with Gasteiger partial charge in [0.05, 0.1) is 20.9 Å². The van der Waals surface area contributed by atoms with Gasteiger partial charge in [-0.15, -0.1) is 11.3 Å². The third kappa shape index (κ3) is 3.34. The van der Waals surface area contributed by atoms with Gasteiger partial charge in [0.25, 0.3) is 0 Å². The summed E-state index contributed by atoms with van der Waals surface area (Å²) in [4.78, 5) is 4.36. The quantitative estimate of drug-likeness (QED) is 0.839. The summed E-state index contributed by atoms with van der Waals surface area (Å²) in [5.74, 6) is 0. The van der Waals surface area contributed by atoms with Crippen molar-refractivity contribution in [2.45, 2.75) is 26.3 Å². The first-order valence-corrected chi connectivity index (χ1v) is 7.24. The fourth-order valence-electron chi connectivity index (χ4n) is 1.70. The summed E-state index contributed by atoms with van der Waals surface area (Å²) < 4.78 is 1.16. The summed E-state index contributed by atoms with van der Waals surface area (Å²) in [6.07, 6.45) is 0. The summed E-state index contributed by atoms with van der Waals surface area (Å²) >= 11 is 7.84. The second kappa shape index (κ2) is 5.43. The van der Waals surface area contributed by atoms with Gasteiger partial charge in [0.1, 0.15) is 5.52 Å². The second-order valence-corrected chi connectivity index (χ2v) is 6.52. The highest BCUT2D eigenvalue weighted by molar-refractivity contribution is 7.16. The zero-order chi connectivity index (χ0) is 13.2. The molecule has 0 saturated carbocycles. The van der Waals surface area contributed by atoms with E-state index in [-0.39, 0.29) is 5.54 Å². The van der Waals surface area contributed by atoms with Gasteiger partial charge in [0, 0.05) is 18.6 Å². The molecule has 0 aliphatic rings. The maximum atomic E-state index is 6.21. The predicted molar refractivity (Wildman–Crippen MR) is 80.9 cm³/mol. The number of hydrogen-bond donors (Lipinski definition) is 2. The van der Waals surface area contributed by atoms with Gasteiger partial charge in [0.15, 0.2) is 0 Å². The molecular formula is C13H18ClN3S. The number of nitrogens with zero attached hydrogens (tertiary/aromatic N) is 1. The van der Waals surface area contributed by atoms with Crippen LogP contribution in [0.2, 0.25) is 5.02 Å². The monoisotopic (exact) mass is 283 g/mol. The lowest BCUT2D eigenvalue weighted by Gasteiger charge is -2.21. The molecular weight excluding hydrogens is 266 g/mol. The van der Waals surface area contributed by atoms with Crippen molar-refractivity contribution in [3.8, 4) is 0 Å². The Morgan fingerprint density at radius 3 is 2.78 bits per heavy atom. The van der Waals surface area contributed by atoms with Crippen LogP contribution in [-0.2, 0) is 0 Å². The number of nitrogens with one attached hydrogen (secondary N) is 2.